The molecule has 1 aliphatic rings. The number of nitrogens with one attached hydrogen (secondary N) is 1. The van der Waals surface area contributed by atoms with Gasteiger partial charge in [0.15, 0.2) is 0 Å². The lowest BCUT2D eigenvalue weighted by atomic mass is 10.1. The van der Waals surface area contributed by atoms with Crippen molar-refractivity contribution >= 4 is 33.0 Å². The van der Waals surface area contributed by atoms with Gasteiger partial charge in [0.1, 0.15) is 10.6 Å². The first-order valence-electron chi connectivity index (χ1n) is 8.10. The summed E-state index contributed by atoms with van der Waals surface area (Å²) in [7, 11) is -2.28. The Kier molecular flexibility index (Phi) is 6.01. The number of benzene rings is 1. The highest BCUT2D eigenvalue weighted by molar-refractivity contribution is 7.89. The standard InChI is InChI=1S/C17H21ClN2O3S2/c1-23-16-5-4-14(18)10-17(16)25(21,22)19-11-15(13-6-9-24-12-13)20-7-2-3-8-20/h4-6,9-10,12,15,19H,2-3,7-8,11H2,1H3/t15-/m1/s1. The highest BCUT2D eigenvalue weighted by atomic mass is 35.5. The van der Waals surface area contributed by atoms with Crippen LogP contribution in [0.15, 0.2) is 39.9 Å². The van der Waals surface area contributed by atoms with Crippen molar-refractivity contribution in [3.05, 3.63) is 45.6 Å². The number of halogens is 1. The van der Waals surface area contributed by atoms with Gasteiger partial charge in [0.2, 0.25) is 10.0 Å². The molecule has 1 saturated heterocycles. The third kappa shape index (κ3) is 4.35. The van der Waals surface area contributed by atoms with Crippen LogP contribution in [0, 0.1) is 0 Å². The Morgan fingerprint density at radius 2 is 2.08 bits per heavy atom. The molecule has 1 aromatic heterocycles. The van der Waals surface area contributed by atoms with Crippen LogP contribution in [0.4, 0.5) is 0 Å². The molecule has 0 amide bonds. The van der Waals surface area contributed by atoms with Gasteiger partial charge in [-0.3, -0.25) is 4.90 Å². The van der Waals surface area contributed by atoms with Crippen LogP contribution in [-0.4, -0.2) is 40.1 Å². The second-order valence-corrected chi connectivity index (χ2v) is 8.91. The third-order valence-corrected chi connectivity index (χ3v) is 6.77. The molecule has 0 saturated carbocycles. The molecule has 1 fully saturated rings. The third-order valence-electron chi connectivity index (χ3n) is 4.39. The van der Waals surface area contributed by atoms with Crippen molar-refractivity contribution in [3.63, 3.8) is 0 Å². The first kappa shape index (κ1) is 18.7. The van der Waals surface area contributed by atoms with Crippen LogP contribution in [-0.2, 0) is 10.0 Å². The van der Waals surface area contributed by atoms with E-state index in [0.717, 1.165) is 31.5 Å². The molecule has 8 heteroatoms. The van der Waals surface area contributed by atoms with E-state index in [1.54, 1.807) is 23.5 Å². The SMILES string of the molecule is COc1ccc(Cl)cc1S(=O)(=O)NC[C@H](c1ccsc1)N1CCCC1. The Morgan fingerprint density at radius 1 is 1.32 bits per heavy atom. The monoisotopic (exact) mass is 400 g/mol. The van der Waals surface area contributed by atoms with Crippen molar-refractivity contribution in [3.8, 4) is 5.75 Å². The summed E-state index contributed by atoms with van der Waals surface area (Å²) in [6.45, 7) is 2.29. The van der Waals surface area contributed by atoms with Crippen LogP contribution in [0.3, 0.4) is 0 Å². The van der Waals surface area contributed by atoms with Gasteiger partial charge in [0, 0.05) is 17.6 Å². The van der Waals surface area contributed by atoms with Crippen LogP contribution in [0.2, 0.25) is 5.02 Å². The number of methoxy groups -OCH3 is 1. The number of rotatable bonds is 7. The van der Waals surface area contributed by atoms with E-state index < -0.39 is 10.0 Å². The van der Waals surface area contributed by atoms with Crippen LogP contribution in [0.1, 0.15) is 24.4 Å². The van der Waals surface area contributed by atoms with E-state index in [-0.39, 0.29) is 16.7 Å². The maximum Gasteiger partial charge on any atom is 0.244 e. The van der Waals surface area contributed by atoms with E-state index in [4.69, 9.17) is 16.3 Å². The zero-order valence-electron chi connectivity index (χ0n) is 13.9. The smallest absolute Gasteiger partial charge is 0.244 e. The summed E-state index contributed by atoms with van der Waals surface area (Å²) in [6.07, 6.45) is 2.30. The lowest BCUT2D eigenvalue weighted by Gasteiger charge is -2.27. The molecule has 1 aliphatic heterocycles. The number of thiophene rings is 1. The van der Waals surface area contributed by atoms with E-state index in [2.05, 4.69) is 21.1 Å². The predicted molar refractivity (Wildman–Crippen MR) is 101 cm³/mol. The molecule has 1 N–H and O–H groups in total. The summed E-state index contributed by atoms with van der Waals surface area (Å²) < 4.78 is 33.5. The normalized spacial score (nSPS) is 16.9. The quantitative estimate of drug-likeness (QED) is 0.772. The van der Waals surface area contributed by atoms with Gasteiger partial charge in [-0.15, -0.1) is 0 Å². The maximum absolute atomic E-state index is 12.8. The minimum Gasteiger partial charge on any atom is -0.495 e. The molecule has 0 bridgehead atoms. The summed E-state index contributed by atoms with van der Waals surface area (Å²) in [6, 6.07) is 6.68. The largest absolute Gasteiger partial charge is 0.495 e. The average molecular weight is 401 g/mol. The van der Waals surface area contributed by atoms with Gasteiger partial charge in [0.25, 0.3) is 0 Å². The van der Waals surface area contributed by atoms with Crippen molar-refractivity contribution in [2.45, 2.75) is 23.8 Å². The van der Waals surface area contributed by atoms with Gasteiger partial charge in [-0.1, -0.05) is 11.6 Å². The molecule has 5 nitrogen and oxygen atoms in total. The van der Waals surface area contributed by atoms with E-state index in [0.29, 0.717) is 11.6 Å². The zero-order valence-corrected chi connectivity index (χ0v) is 16.3. The predicted octanol–water partition coefficient (Wildman–Crippen LogP) is 3.53. The highest BCUT2D eigenvalue weighted by Gasteiger charge is 2.27. The summed E-state index contributed by atoms with van der Waals surface area (Å²) in [5.41, 5.74) is 1.15. The van der Waals surface area contributed by atoms with Gasteiger partial charge in [-0.2, -0.15) is 11.3 Å². The summed E-state index contributed by atoms with van der Waals surface area (Å²) in [4.78, 5) is 2.40. The van der Waals surface area contributed by atoms with Gasteiger partial charge < -0.3 is 4.74 Å². The van der Waals surface area contributed by atoms with E-state index in [1.165, 1.54) is 13.2 Å². The van der Waals surface area contributed by atoms with Gasteiger partial charge in [0.05, 0.1) is 7.11 Å². The Hall–Kier alpha value is -1.12. The van der Waals surface area contributed by atoms with E-state index in [9.17, 15) is 8.42 Å². The Bertz CT molecular complexity index is 803. The van der Waals surface area contributed by atoms with Gasteiger partial charge >= 0.3 is 0 Å². The molecule has 1 atom stereocenters. The summed E-state index contributed by atoms with van der Waals surface area (Å²) in [5, 5.41) is 4.46. The fourth-order valence-corrected chi connectivity index (χ4v) is 5.28. The Morgan fingerprint density at radius 3 is 2.72 bits per heavy atom. The van der Waals surface area contributed by atoms with E-state index >= 15 is 0 Å². The molecular formula is C17H21ClN2O3S2. The molecule has 2 heterocycles. The number of hydrogen-bond donors (Lipinski definition) is 1. The number of nitrogens with zero attached hydrogens (tertiary/aromatic N) is 1. The molecular weight excluding hydrogens is 380 g/mol. The second kappa shape index (κ2) is 8.05. The summed E-state index contributed by atoms with van der Waals surface area (Å²) >= 11 is 7.60. The molecule has 0 unspecified atom stereocenters. The highest BCUT2D eigenvalue weighted by Crippen LogP contribution is 2.29. The Labute approximate surface area is 157 Å². The second-order valence-electron chi connectivity index (χ2n) is 5.96. The molecule has 136 valence electrons. The van der Waals surface area contributed by atoms with Crippen LogP contribution >= 0.6 is 22.9 Å². The number of hydrogen-bond acceptors (Lipinski definition) is 5. The fraction of sp³-hybridized carbons (Fsp3) is 0.412. The van der Waals surface area contributed by atoms with Crippen molar-refractivity contribution in [2.75, 3.05) is 26.7 Å². The lowest BCUT2D eigenvalue weighted by molar-refractivity contribution is 0.247. The van der Waals surface area contributed by atoms with Crippen LogP contribution in [0.25, 0.3) is 0 Å². The number of ether oxygens (including phenoxy) is 1. The Balaban J connectivity index is 1.81. The van der Waals surface area contributed by atoms with Crippen LogP contribution in [0.5, 0.6) is 5.75 Å². The topological polar surface area (TPSA) is 58.6 Å². The summed E-state index contributed by atoms with van der Waals surface area (Å²) in [5.74, 6) is 0.283. The van der Waals surface area contributed by atoms with E-state index in [1.807, 2.05) is 5.38 Å². The minimum atomic E-state index is -3.72. The molecule has 0 aliphatic carbocycles. The van der Waals surface area contributed by atoms with Gasteiger partial charge in [-0.05, 0) is 66.5 Å². The molecule has 25 heavy (non-hydrogen) atoms. The van der Waals surface area contributed by atoms with Crippen molar-refractivity contribution in [2.24, 2.45) is 0 Å². The molecule has 2 aromatic rings. The van der Waals surface area contributed by atoms with Gasteiger partial charge in [-0.25, -0.2) is 13.1 Å². The molecule has 0 radical (unpaired) electrons. The first-order valence-corrected chi connectivity index (χ1v) is 10.9. The first-order chi connectivity index (χ1) is 12.0. The van der Waals surface area contributed by atoms with Crippen molar-refractivity contribution < 1.29 is 13.2 Å². The van der Waals surface area contributed by atoms with Crippen molar-refractivity contribution in [1.29, 1.82) is 0 Å². The van der Waals surface area contributed by atoms with Crippen LogP contribution < -0.4 is 9.46 Å². The molecule has 0 spiro atoms. The van der Waals surface area contributed by atoms with Crippen molar-refractivity contribution in [1.82, 2.24) is 9.62 Å². The average Bonchev–Trinajstić information content (AvgIpc) is 3.29. The zero-order chi connectivity index (χ0) is 17.9. The molecule has 3 rings (SSSR count). The maximum atomic E-state index is 12.8. The number of likely N-dealkylation sites (tertiary alicyclic amines) is 1. The lowest BCUT2D eigenvalue weighted by Crippen LogP contribution is -2.36. The fourth-order valence-electron chi connectivity index (χ4n) is 3.10. The molecule has 1 aromatic carbocycles. The number of sulfonamides is 1. The minimum absolute atomic E-state index is 0.0358.